The van der Waals surface area contributed by atoms with Crippen molar-refractivity contribution in [2.24, 2.45) is 0 Å². The molecule has 0 fully saturated rings. The predicted octanol–water partition coefficient (Wildman–Crippen LogP) is 1.97. The van der Waals surface area contributed by atoms with Crippen LogP contribution in [0.5, 0.6) is 5.75 Å². The summed E-state index contributed by atoms with van der Waals surface area (Å²) in [6.07, 6.45) is 3.45. The van der Waals surface area contributed by atoms with Crippen molar-refractivity contribution in [3.8, 4) is 5.75 Å². The Balaban J connectivity index is 2.18. The average Bonchev–Trinajstić information content (AvgIpc) is 2.43. The van der Waals surface area contributed by atoms with Crippen molar-refractivity contribution >= 4 is 27.3 Å². The highest BCUT2D eigenvalue weighted by molar-refractivity contribution is 7.92. The largest absolute Gasteiger partial charge is 0.489 e. The molecule has 0 saturated carbocycles. The number of unbranched alkanes of at least 4 members (excludes halogenated alkanes) is 1. The highest BCUT2D eigenvalue weighted by Gasteiger charge is 2.25. The van der Waals surface area contributed by atoms with Crippen LogP contribution in [0.25, 0.3) is 0 Å². The van der Waals surface area contributed by atoms with Gasteiger partial charge in [0.25, 0.3) is 0 Å². The average molecular weight is 312 g/mol. The molecule has 0 saturated heterocycles. The lowest BCUT2D eigenvalue weighted by Crippen LogP contribution is -2.37. The Hall–Kier alpha value is -1.76. The van der Waals surface area contributed by atoms with Crippen LogP contribution in [0.15, 0.2) is 18.2 Å². The molecule has 0 bridgehead atoms. The summed E-state index contributed by atoms with van der Waals surface area (Å²) in [5, 5.41) is 2.79. The predicted molar refractivity (Wildman–Crippen MR) is 82.3 cm³/mol. The molecular formula is C14H20N2O4S. The Labute approximate surface area is 125 Å². The zero-order valence-corrected chi connectivity index (χ0v) is 13.1. The maximum Gasteiger partial charge on any atom is 0.232 e. The molecule has 0 spiro atoms. The van der Waals surface area contributed by atoms with Crippen molar-refractivity contribution in [1.82, 2.24) is 0 Å². The van der Waals surface area contributed by atoms with E-state index in [2.05, 4.69) is 5.32 Å². The molecule has 0 aromatic heterocycles. The Morgan fingerprint density at radius 1 is 1.43 bits per heavy atom. The first-order valence-corrected chi connectivity index (χ1v) is 8.81. The molecular weight excluding hydrogens is 292 g/mol. The highest BCUT2D eigenvalue weighted by atomic mass is 32.2. The van der Waals surface area contributed by atoms with Crippen LogP contribution in [-0.2, 0) is 14.8 Å². The number of rotatable bonds is 5. The second-order valence-electron chi connectivity index (χ2n) is 5.02. The lowest BCUT2D eigenvalue weighted by molar-refractivity contribution is -0.116. The van der Waals surface area contributed by atoms with Gasteiger partial charge in [-0.15, -0.1) is 0 Å². The van der Waals surface area contributed by atoms with Crippen molar-refractivity contribution < 1.29 is 17.9 Å². The third-order valence-corrected chi connectivity index (χ3v) is 4.40. The number of fused-ring (bicyclic) bond motifs is 1. The van der Waals surface area contributed by atoms with Gasteiger partial charge in [0, 0.05) is 18.2 Å². The summed E-state index contributed by atoms with van der Waals surface area (Å²) in [6.45, 7) is 2.63. The van der Waals surface area contributed by atoms with Crippen LogP contribution >= 0.6 is 0 Å². The van der Waals surface area contributed by atoms with E-state index in [4.69, 9.17) is 4.74 Å². The number of sulfonamides is 1. The van der Waals surface area contributed by atoms with Crippen LogP contribution in [0, 0.1) is 0 Å². The first kappa shape index (κ1) is 15.6. The number of hydrogen-bond donors (Lipinski definition) is 1. The Bertz CT molecular complexity index is 628. The Morgan fingerprint density at radius 2 is 2.19 bits per heavy atom. The van der Waals surface area contributed by atoms with Gasteiger partial charge in [-0.05, 0) is 18.6 Å². The second-order valence-corrected chi connectivity index (χ2v) is 6.92. The SMILES string of the molecule is CCCCC(=O)Nc1ccc2c(c1)OCCN2S(C)(=O)=O. The number of anilines is 2. The topological polar surface area (TPSA) is 75.7 Å². The zero-order chi connectivity index (χ0) is 15.5. The number of ether oxygens (including phenoxy) is 1. The fraction of sp³-hybridized carbons (Fsp3) is 0.500. The Morgan fingerprint density at radius 3 is 2.86 bits per heavy atom. The smallest absolute Gasteiger partial charge is 0.232 e. The highest BCUT2D eigenvalue weighted by Crippen LogP contribution is 2.35. The van der Waals surface area contributed by atoms with Gasteiger partial charge in [-0.1, -0.05) is 13.3 Å². The van der Waals surface area contributed by atoms with Gasteiger partial charge in [-0.2, -0.15) is 0 Å². The molecule has 1 heterocycles. The Kier molecular flexibility index (Phi) is 4.72. The maximum absolute atomic E-state index is 11.7. The molecule has 1 N–H and O–H groups in total. The fourth-order valence-corrected chi connectivity index (χ4v) is 3.09. The summed E-state index contributed by atoms with van der Waals surface area (Å²) >= 11 is 0. The van der Waals surface area contributed by atoms with Gasteiger partial charge in [-0.25, -0.2) is 8.42 Å². The van der Waals surface area contributed by atoms with Crippen molar-refractivity contribution in [1.29, 1.82) is 0 Å². The van der Waals surface area contributed by atoms with Crippen molar-refractivity contribution in [3.05, 3.63) is 18.2 Å². The second kappa shape index (κ2) is 6.34. The molecule has 0 atom stereocenters. The van der Waals surface area contributed by atoms with E-state index in [0.29, 0.717) is 36.7 Å². The fourth-order valence-electron chi connectivity index (χ4n) is 2.18. The molecule has 1 aromatic rings. The van der Waals surface area contributed by atoms with E-state index < -0.39 is 10.0 Å². The van der Waals surface area contributed by atoms with Crippen LogP contribution in [0.1, 0.15) is 26.2 Å². The van der Waals surface area contributed by atoms with E-state index in [1.807, 2.05) is 6.92 Å². The number of hydrogen-bond acceptors (Lipinski definition) is 4. The lowest BCUT2D eigenvalue weighted by Gasteiger charge is -2.29. The molecule has 1 aliphatic rings. The normalized spacial score (nSPS) is 14.3. The lowest BCUT2D eigenvalue weighted by atomic mass is 10.2. The monoisotopic (exact) mass is 312 g/mol. The van der Waals surface area contributed by atoms with E-state index in [1.54, 1.807) is 18.2 Å². The molecule has 1 aromatic carbocycles. The summed E-state index contributed by atoms with van der Waals surface area (Å²) in [7, 11) is -3.32. The van der Waals surface area contributed by atoms with Gasteiger partial charge < -0.3 is 10.1 Å². The molecule has 0 radical (unpaired) electrons. The van der Waals surface area contributed by atoms with Gasteiger partial charge in [-0.3, -0.25) is 9.10 Å². The van der Waals surface area contributed by atoms with E-state index in [9.17, 15) is 13.2 Å². The molecule has 1 amide bonds. The van der Waals surface area contributed by atoms with Gasteiger partial charge in [0.15, 0.2) is 0 Å². The summed E-state index contributed by atoms with van der Waals surface area (Å²) in [5.41, 5.74) is 1.13. The number of nitrogens with one attached hydrogen (secondary N) is 1. The summed E-state index contributed by atoms with van der Waals surface area (Å²) < 4.78 is 30.3. The summed E-state index contributed by atoms with van der Waals surface area (Å²) in [5.74, 6) is 0.424. The van der Waals surface area contributed by atoms with E-state index in [0.717, 1.165) is 12.8 Å². The molecule has 1 aliphatic heterocycles. The van der Waals surface area contributed by atoms with Gasteiger partial charge >= 0.3 is 0 Å². The number of carbonyl (C=O) groups is 1. The van der Waals surface area contributed by atoms with Gasteiger partial charge in [0.05, 0.1) is 18.5 Å². The van der Waals surface area contributed by atoms with Gasteiger partial charge in [0.2, 0.25) is 15.9 Å². The zero-order valence-electron chi connectivity index (χ0n) is 12.3. The quantitative estimate of drug-likeness (QED) is 0.902. The van der Waals surface area contributed by atoms with Gasteiger partial charge in [0.1, 0.15) is 12.4 Å². The number of carbonyl (C=O) groups excluding carboxylic acids is 1. The number of benzene rings is 1. The molecule has 21 heavy (non-hydrogen) atoms. The summed E-state index contributed by atoms with van der Waals surface area (Å²) in [4.78, 5) is 11.7. The van der Waals surface area contributed by atoms with Crippen molar-refractivity contribution in [2.45, 2.75) is 26.2 Å². The first-order chi connectivity index (χ1) is 9.91. The molecule has 116 valence electrons. The van der Waals surface area contributed by atoms with E-state index in [-0.39, 0.29) is 5.91 Å². The summed E-state index contributed by atoms with van der Waals surface area (Å²) in [6, 6.07) is 5.01. The first-order valence-electron chi connectivity index (χ1n) is 6.96. The minimum atomic E-state index is -3.32. The maximum atomic E-state index is 11.7. The van der Waals surface area contributed by atoms with Crippen molar-refractivity contribution in [2.75, 3.05) is 29.0 Å². The van der Waals surface area contributed by atoms with Crippen LogP contribution < -0.4 is 14.4 Å². The minimum Gasteiger partial charge on any atom is -0.489 e. The van der Waals surface area contributed by atoms with E-state index in [1.165, 1.54) is 10.6 Å². The molecule has 7 heteroatoms. The van der Waals surface area contributed by atoms with Crippen LogP contribution in [0.4, 0.5) is 11.4 Å². The van der Waals surface area contributed by atoms with Crippen LogP contribution in [0.3, 0.4) is 0 Å². The number of nitrogens with zero attached hydrogens (tertiary/aromatic N) is 1. The minimum absolute atomic E-state index is 0.0485. The molecule has 0 aliphatic carbocycles. The third-order valence-electron chi connectivity index (χ3n) is 3.22. The van der Waals surface area contributed by atoms with Crippen molar-refractivity contribution in [3.63, 3.8) is 0 Å². The van der Waals surface area contributed by atoms with E-state index >= 15 is 0 Å². The molecule has 2 rings (SSSR count). The molecule has 6 nitrogen and oxygen atoms in total. The van der Waals surface area contributed by atoms with Crippen LogP contribution in [0.2, 0.25) is 0 Å². The third kappa shape index (κ3) is 3.87. The number of amides is 1. The molecule has 0 unspecified atom stereocenters. The standard InChI is InChI=1S/C14H20N2O4S/c1-3-4-5-14(17)15-11-6-7-12-13(10-11)20-9-8-16(12)21(2,18)19/h6-7,10H,3-5,8-9H2,1-2H3,(H,15,17). The van der Waals surface area contributed by atoms with Crippen LogP contribution in [-0.4, -0.2) is 33.7 Å².